The van der Waals surface area contributed by atoms with Crippen molar-refractivity contribution in [1.29, 1.82) is 0 Å². The van der Waals surface area contributed by atoms with Gasteiger partial charge in [-0.25, -0.2) is 4.39 Å². The van der Waals surface area contributed by atoms with Crippen molar-refractivity contribution in [3.05, 3.63) is 35.1 Å². The summed E-state index contributed by atoms with van der Waals surface area (Å²) in [4.78, 5) is 11.8. The van der Waals surface area contributed by atoms with Gasteiger partial charge in [-0.1, -0.05) is 53.9 Å². The Bertz CT molecular complexity index is 648. The average Bonchev–Trinajstić information content (AvgIpc) is 2.94. The second-order valence-electron chi connectivity index (χ2n) is 4.42. The van der Waals surface area contributed by atoms with E-state index in [0.717, 1.165) is 20.0 Å². The van der Waals surface area contributed by atoms with Crippen LogP contribution in [-0.4, -0.2) is 27.6 Å². The number of nitrogens with one attached hydrogen (secondary N) is 1. The van der Waals surface area contributed by atoms with Crippen LogP contribution in [0, 0.1) is 12.7 Å². The fourth-order valence-corrected chi connectivity index (χ4v) is 4.38. The van der Waals surface area contributed by atoms with Crippen LogP contribution in [0.3, 0.4) is 0 Å². The predicted octanol–water partition coefficient (Wildman–Crippen LogP) is 3.51. The summed E-state index contributed by atoms with van der Waals surface area (Å²) in [5.74, 6) is 0.942. The monoisotopic (exact) mass is 357 g/mol. The van der Waals surface area contributed by atoms with Crippen molar-refractivity contribution in [3.63, 3.8) is 0 Å². The Hall–Kier alpha value is -1.12. The molecule has 0 fully saturated rings. The molecule has 1 amide bonds. The van der Waals surface area contributed by atoms with E-state index < -0.39 is 0 Å². The minimum atomic E-state index is -0.234. The quantitative estimate of drug-likeness (QED) is 0.769. The molecule has 22 heavy (non-hydrogen) atoms. The fourth-order valence-electron chi connectivity index (χ4n) is 1.63. The number of carbonyl (C=O) groups excluding carboxylic acids is 1. The second-order valence-corrected chi connectivity index (χ2v) is 8.13. The van der Waals surface area contributed by atoms with Crippen LogP contribution in [0.2, 0.25) is 0 Å². The molecule has 0 saturated carbocycles. The summed E-state index contributed by atoms with van der Waals surface area (Å²) in [6.07, 6.45) is 0. The Balaban J connectivity index is 1.76. The molecule has 0 aliphatic rings. The molecule has 1 heterocycles. The van der Waals surface area contributed by atoms with E-state index in [0.29, 0.717) is 17.9 Å². The Morgan fingerprint density at radius 2 is 2.05 bits per heavy atom. The normalized spacial score (nSPS) is 10.7. The first-order valence-corrected chi connectivity index (χ1v) is 9.48. The van der Waals surface area contributed by atoms with Gasteiger partial charge >= 0.3 is 0 Å². The van der Waals surface area contributed by atoms with Gasteiger partial charge in [0.25, 0.3) is 0 Å². The van der Waals surface area contributed by atoms with Crippen molar-refractivity contribution in [3.8, 4) is 0 Å². The number of nitrogens with zero attached hydrogens (tertiary/aromatic N) is 2. The minimum Gasteiger partial charge on any atom is -0.351 e. The molecule has 0 aliphatic carbocycles. The summed E-state index contributed by atoms with van der Waals surface area (Å²) < 4.78 is 14.9. The second kappa shape index (κ2) is 8.50. The average molecular weight is 358 g/mol. The molecule has 0 spiro atoms. The standard InChI is InChI=1S/C14H16FN3OS3/c1-3-20-13-17-18-14(22-13)21-8-12(19)16-7-10-4-5-11(15)9(2)6-10/h4-6H,3,7-8H2,1-2H3,(H,16,19). The topological polar surface area (TPSA) is 54.9 Å². The minimum absolute atomic E-state index is 0.0770. The molecule has 1 aromatic heterocycles. The van der Waals surface area contributed by atoms with E-state index in [2.05, 4.69) is 22.4 Å². The Morgan fingerprint density at radius 3 is 2.73 bits per heavy atom. The van der Waals surface area contributed by atoms with Gasteiger partial charge in [-0.3, -0.25) is 4.79 Å². The highest BCUT2D eigenvalue weighted by molar-refractivity contribution is 8.03. The van der Waals surface area contributed by atoms with Crippen molar-refractivity contribution in [2.24, 2.45) is 0 Å². The number of thioether (sulfide) groups is 2. The number of hydrogen-bond acceptors (Lipinski definition) is 6. The molecule has 0 saturated heterocycles. The highest BCUT2D eigenvalue weighted by atomic mass is 32.2. The van der Waals surface area contributed by atoms with E-state index in [1.807, 2.05) is 0 Å². The van der Waals surface area contributed by atoms with E-state index in [1.54, 1.807) is 30.8 Å². The van der Waals surface area contributed by atoms with Crippen molar-refractivity contribution < 1.29 is 9.18 Å². The molecular formula is C14H16FN3OS3. The van der Waals surface area contributed by atoms with E-state index >= 15 is 0 Å². The van der Waals surface area contributed by atoms with Gasteiger partial charge in [-0.05, 0) is 29.9 Å². The zero-order valence-electron chi connectivity index (χ0n) is 12.3. The summed E-state index contributed by atoms with van der Waals surface area (Å²) >= 11 is 4.52. The first-order valence-electron chi connectivity index (χ1n) is 6.69. The number of aromatic nitrogens is 2. The van der Waals surface area contributed by atoms with Crippen LogP contribution in [-0.2, 0) is 11.3 Å². The van der Waals surface area contributed by atoms with Crippen LogP contribution in [0.4, 0.5) is 4.39 Å². The highest BCUT2D eigenvalue weighted by Crippen LogP contribution is 2.28. The van der Waals surface area contributed by atoms with Crippen LogP contribution in [0.25, 0.3) is 0 Å². The van der Waals surface area contributed by atoms with Gasteiger partial charge in [-0.2, -0.15) is 0 Å². The molecule has 0 radical (unpaired) electrons. The summed E-state index contributed by atoms with van der Waals surface area (Å²) in [5.41, 5.74) is 1.46. The van der Waals surface area contributed by atoms with Gasteiger partial charge in [0.2, 0.25) is 5.91 Å². The molecule has 118 valence electrons. The van der Waals surface area contributed by atoms with Crippen LogP contribution >= 0.6 is 34.9 Å². The third kappa shape index (κ3) is 5.26. The number of rotatable bonds is 7. The number of benzene rings is 1. The van der Waals surface area contributed by atoms with Gasteiger partial charge in [0.15, 0.2) is 8.68 Å². The lowest BCUT2D eigenvalue weighted by Crippen LogP contribution is -2.24. The predicted molar refractivity (Wildman–Crippen MR) is 90.0 cm³/mol. The summed E-state index contributed by atoms with van der Waals surface area (Å²) in [7, 11) is 0. The lowest BCUT2D eigenvalue weighted by Gasteiger charge is -2.05. The zero-order valence-corrected chi connectivity index (χ0v) is 14.7. The smallest absolute Gasteiger partial charge is 0.230 e. The molecular weight excluding hydrogens is 341 g/mol. The zero-order chi connectivity index (χ0) is 15.9. The van der Waals surface area contributed by atoms with Crippen LogP contribution in [0.1, 0.15) is 18.1 Å². The lowest BCUT2D eigenvalue weighted by atomic mass is 10.1. The van der Waals surface area contributed by atoms with Crippen LogP contribution in [0.15, 0.2) is 26.9 Å². The number of aryl methyl sites for hydroxylation is 1. The van der Waals surface area contributed by atoms with Crippen molar-refractivity contribution in [2.45, 2.75) is 29.1 Å². The first kappa shape index (κ1) is 17.2. The summed E-state index contributed by atoms with van der Waals surface area (Å²) in [6, 6.07) is 4.83. The van der Waals surface area contributed by atoms with E-state index in [9.17, 15) is 9.18 Å². The highest BCUT2D eigenvalue weighted by Gasteiger charge is 2.08. The number of amides is 1. The first-order chi connectivity index (χ1) is 10.6. The van der Waals surface area contributed by atoms with E-state index in [4.69, 9.17) is 0 Å². The molecule has 4 nitrogen and oxygen atoms in total. The summed E-state index contributed by atoms with van der Waals surface area (Å²) in [5, 5.41) is 10.9. The largest absolute Gasteiger partial charge is 0.351 e. The van der Waals surface area contributed by atoms with Crippen molar-refractivity contribution in [1.82, 2.24) is 15.5 Å². The Morgan fingerprint density at radius 1 is 1.32 bits per heavy atom. The molecule has 8 heteroatoms. The van der Waals surface area contributed by atoms with Gasteiger partial charge in [0, 0.05) is 6.54 Å². The molecule has 0 unspecified atom stereocenters. The summed E-state index contributed by atoms with van der Waals surface area (Å²) in [6.45, 7) is 4.16. The van der Waals surface area contributed by atoms with Gasteiger partial charge in [0.05, 0.1) is 5.75 Å². The third-order valence-electron chi connectivity index (χ3n) is 2.69. The van der Waals surface area contributed by atoms with Crippen molar-refractivity contribution in [2.75, 3.05) is 11.5 Å². The van der Waals surface area contributed by atoms with Crippen LogP contribution in [0.5, 0.6) is 0 Å². The van der Waals surface area contributed by atoms with Crippen LogP contribution < -0.4 is 5.32 Å². The Labute approximate surface area is 141 Å². The van der Waals surface area contributed by atoms with E-state index in [1.165, 1.54) is 29.2 Å². The third-order valence-corrected chi connectivity index (χ3v) is 5.77. The maximum absolute atomic E-state index is 13.2. The molecule has 1 N–H and O–H groups in total. The molecule has 0 bridgehead atoms. The van der Waals surface area contributed by atoms with E-state index in [-0.39, 0.29) is 11.7 Å². The maximum atomic E-state index is 13.2. The molecule has 1 aromatic carbocycles. The lowest BCUT2D eigenvalue weighted by molar-refractivity contribution is -0.118. The fraction of sp³-hybridized carbons (Fsp3) is 0.357. The van der Waals surface area contributed by atoms with Gasteiger partial charge < -0.3 is 5.32 Å². The molecule has 2 rings (SSSR count). The molecule has 0 atom stereocenters. The SMILES string of the molecule is CCSc1nnc(SCC(=O)NCc2ccc(F)c(C)c2)s1. The Kier molecular flexibility index (Phi) is 6.66. The molecule has 0 aliphatic heterocycles. The maximum Gasteiger partial charge on any atom is 0.230 e. The number of hydrogen-bond donors (Lipinski definition) is 1. The number of halogens is 1. The van der Waals surface area contributed by atoms with Gasteiger partial charge in [-0.15, -0.1) is 10.2 Å². The van der Waals surface area contributed by atoms with Gasteiger partial charge in [0.1, 0.15) is 5.82 Å². The number of carbonyl (C=O) groups is 1. The van der Waals surface area contributed by atoms with Crippen molar-refractivity contribution >= 4 is 40.8 Å². The molecule has 2 aromatic rings.